The molecule has 0 radical (unpaired) electrons. The van der Waals surface area contributed by atoms with Gasteiger partial charge in [0.15, 0.2) is 11.5 Å². The summed E-state index contributed by atoms with van der Waals surface area (Å²) in [5.41, 5.74) is 4.50. The summed E-state index contributed by atoms with van der Waals surface area (Å²) in [4.78, 5) is 24.5. The molecule has 0 aliphatic heterocycles. The van der Waals surface area contributed by atoms with Gasteiger partial charge in [-0.3, -0.25) is 4.79 Å². The van der Waals surface area contributed by atoms with Crippen LogP contribution >= 0.6 is 0 Å². The van der Waals surface area contributed by atoms with E-state index >= 15 is 0 Å². The largest absolute Gasteiger partial charge is 0.494 e. The number of amides is 1. The summed E-state index contributed by atoms with van der Waals surface area (Å²) in [5.74, 6) is 0.492. The van der Waals surface area contributed by atoms with Crippen LogP contribution in [0.3, 0.4) is 0 Å². The van der Waals surface area contributed by atoms with E-state index in [1.54, 1.807) is 48.5 Å². The van der Waals surface area contributed by atoms with E-state index in [2.05, 4.69) is 17.5 Å². The number of benzene rings is 3. The third kappa shape index (κ3) is 8.16. The minimum atomic E-state index is -0.525. The summed E-state index contributed by atoms with van der Waals surface area (Å²) >= 11 is 0. The fourth-order valence-corrected chi connectivity index (χ4v) is 2.99. The molecule has 0 bridgehead atoms. The van der Waals surface area contributed by atoms with Gasteiger partial charge in [-0.2, -0.15) is 5.10 Å². The Balaban J connectivity index is 1.55. The van der Waals surface area contributed by atoms with Crippen molar-refractivity contribution >= 4 is 24.2 Å². The minimum Gasteiger partial charge on any atom is -0.494 e. The predicted octanol–water partition coefficient (Wildman–Crippen LogP) is 5.26. The van der Waals surface area contributed by atoms with Crippen LogP contribution in [-0.2, 0) is 4.79 Å². The average molecular weight is 473 g/mol. The highest BCUT2D eigenvalue weighted by Crippen LogP contribution is 2.28. The van der Waals surface area contributed by atoms with Crippen LogP contribution in [-0.4, -0.2) is 31.8 Å². The van der Waals surface area contributed by atoms with Crippen LogP contribution in [0.15, 0.2) is 84.0 Å². The molecule has 0 spiro atoms. The Morgan fingerprint density at radius 1 is 0.943 bits per heavy atom. The quantitative estimate of drug-likeness (QED) is 0.103. The summed E-state index contributed by atoms with van der Waals surface area (Å²) < 4.78 is 16.3. The summed E-state index contributed by atoms with van der Waals surface area (Å²) in [7, 11) is 1.48. The summed E-state index contributed by atoms with van der Waals surface area (Å²) in [6, 6.07) is 21.3. The molecule has 3 aromatic carbocycles. The SMILES string of the molecule is CCCCOc1ccc(C(=O)N/N=C/c2ccc(OC(=O)/C=C/c3ccccc3)c(OC)c2)cc1. The molecule has 7 heteroatoms. The van der Waals surface area contributed by atoms with E-state index in [1.807, 2.05) is 30.3 Å². The smallest absolute Gasteiger partial charge is 0.336 e. The Morgan fingerprint density at radius 2 is 1.71 bits per heavy atom. The van der Waals surface area contributed by atoms with Crippen molar-refractivity contribution in [2.75, 3.05) is 13.7 Å². The van der Waals surface area contributed by atoms with Gasteiger partial charge in [-0.15, -0.1) is 0 Å². The van der Waals surface area contributed by atoms with Crippen molar-refractivity contribution in [2.24, 2.45) is 5.10 Å². The minimum absolute atomic E-state index is 0.276. The standard InChI is InChI=1S/C28H28N2O5/c1-3-4-18-34-24-14-12-23(13-15-24)28(32)30-29-20-22-10-16-25(26(19-22)33-2)35-27(31)17-11-21-8-6-5-7-9-21/h5-17,19-20H,3-4,18H2,1-2H3,(H,30,32)/b17-11+,29-20+. The molecule has 0 aromatic heterocycles. The molecule has 0 fully saturated rings. The second-order valence-electron chi connectivity index (χ2n) is 7.50. The van der Waals surface area contributed by atoms with Gasteiger partial charge in [0.25, 0.3) is 5.91 Å². The maximum absolute atomic E-state index is 12.3. The van der Waals surface area contributed by atoms with Crippen LogP contribution in [0.1, 0.15) is 41.3 Å². The summed E-state index contributed by atoms with van der Waals surface area (Å²) in [6.45, 7) is 2.75. The van der Waals surface area contributed by atoms with Crippen molar-refractivity contribution in [3.05, 3.63) is 95.6 Å². The van der Waals surface area contributed by atoms with Gasteiger partial charge < -0.3 is 14.2 Å². The van der Waals surface area contributed by atoms with E-state index in [4.69, 9.17) is 14.2 Å². The number of methoxy groups -OCH3 is 1. The molecule has 0 saturated carbocycles. The van der Waals surface area contributed by atoms with E-state index in [1.165, 1.54) is 19.4 Å². The molecule has 0 aliphatic rings. The maximum Gasteiger partial charge on any atom is 0.336 e. The Morgan fingerprint density at radius 3 is 2.43 bits per heavy atom. The van der Waals surface area contributed by atoms with Gasteiger partial charge >= 0.3 is 5.97 Å². The summed E-state index contributed by atoms with van der Waals surface area (Å²) in [6.07, 6.45) is 6.54. The number of unbranched alkanes of at least 4 members (excludes halogenated alkanes) is 1. The first kappa shape index (κ1) is 25.2. The third-order valence-electron chi connectivity index (χ3n) is 4.87. The van der Waals surface area contributed by atoms with Crippen LogP contribution < -0.4 is 19.6 Å². The fourth-order valence-electron chi connectivity index (χ4n) is 2.99. The number of hydrazone groups is 1. The first-order chi connectivity index (χ1) is 17.1. The lowest BCUT2D eigenvalue weighted by Crippen LogP contribution is -2.17. The van der Waals surface area contributed by atoms with E-state index in [-0.39, 0.29) is 11.7 Å². The van der Waals surface area contributed by atoms with Gasteiger partial charge in [0, 0.05) is 11.6 Å². The molecule has 7 nitrogen and oxygen atoms in total. The number of hydrogen-bond donors (Lipinski definition) is 1. The number of ether oxygens (including phenoxy) is 3. The first-order valence-electron chi connectivity index (χ1n) is 11.3. The zero-order valence-corrected chi connectivity index (χ0v) is 19.8. The highest BCUT2D eigenvalue weighted by molar-refractivity contribution is 5.95. The zero-order chi connectivity index (χ0) is 24.9. The normalized spacial score (nSPS) is 10.9. The van der Waals surface area contributed by atoms with Crippen LogP contribution in [0.25, 0.3) is 6.08 Å². The van der Waals surface area contributed by atoms with E-state index in [0.29, 0.717) is 23.5 Å². The Labute approximate surface area is 205 Å². The van der Waals surface area contributed by atoms with Crippen LogP contribution in [0, 0.1) is 0 Å². The lowest BCUT2D eigenvalue weighted by Gasteiger charge is -2.08. The van der Waals surface area contributed by atoms with Crippen molar-refractivity contribution in [1.29, 1.82) is 0 Å². The lowest BCUT2D eigenvalue weighted by molar-refractivity contribution is -0.129. The Kier molecular flexibility index (Phi) is 9.63. The first-order valence-corrected chi connectivity index (χ1v) is 11.3. The maximum atomic E-state index is 12.3. The topological polar surface area (TPSA) is 86.2 Å². The molecule has 1 N–H and O–H groups in total. The molecule has 3 rings (SSSR count). The van der Waals surface area contributed by atoms with Gasteiger partial charge in [-0.05, 0) is 66.1 Å². The second-order valence-corrected chi connectivity index (χ2v) is 7.50. The van der Waals surface area contributed by atoms with Crippen molar-refractivity contribution in [1.82, 2.24) is 5.43 Å². The van der Waals surface area contributed by atoms with Crippen molar-refractivity contribution in [2.45, 2.75) is 19.8 Å². The van der Waals surface area contributed by atoms with Gasteiger partial charge in [-0.1, -0.05) is 43.7 Å². The van der Waals surface area contributed by atoms with Crippen molar-refractivity contribution < 1.29 is 23.8 Å². The Bertz CT molecular complexity index is 1170. The number of rotatable bonds is 11. The molecule has 0 heterocycles. The molecule has 0 aliphatic carbocycles. The monoisotopic (exact) mass is 472 g/mol. The average Bonchev–Trinajstić information content (AvgIpc) is 2.89. The van der Waals surface area contributed by atoms with Crippen LogP contribution in [0.4, 0.5) is 0 Å². The van der Waals surface area contributed by atoms with Crippen molar-refractivity contribution in [3.8, 4) is 17.2 Å². The number of carbonyl (C=O) groups excluding carboxylic acids is 2. The van der Waals surface area contributed by atoms with Gasteiger partial charge in [0.2, 0.25) is 0 Å². The van der Waals surface area contributed by atoms with E-state index < -0.39 is 5.97 Å². The fraction of sp³-hybridized carbons (Fsp3) is 0.179. The molecule has 35 heavy (non-hydrogen) atoms. The van der Waals surface area contributed by atoms with Gasteiger partial charge in [0.1, 0.15) is 5.75 Å². The molecule has 180 valence electrons. The number of nitrogens with zero attached hydrogens (tertiary/aromatic N) is 1. The molecular weight excluding hydrogens is 444 g/mol. The number of nitrogens with one attached hydrogen (secondary N) is 1. The Hall–Kier alpha value is -4.39. The lowest BCUT2D eigenvalue weighted by atomic mass is 10.2. The highest BCUT2D eigenvalue weighted by atomic mass is 16.6. The number of esters is 1. The van der Waals surface area contributed by atoms with E-state index in [9.17, 15) is 9.59 Å². The molecular formula is C28H28N2O5. The zero-order valence-electron chi connectivity index (χ0n) is 19.8. The molecule has 0 unspecified atom stereocenters. The molecule has 0 atom stereocenters. The van der Waals surface area contributed by atoms with Gasteiger partial charge in [-0.25, -0.2) is 10.2 Å². The van der Waals surface area contributed by atoms with E-state index in [0.717, 1.165) is 24.2 Å². The highest BCUT2D eigenvalue weighted by Gasteiger charge is 2.09. The van der Waals surface area contributed by atoms with Crippen LogP contribution in [0.2, 0.25) is 0 Å². The van der Waals surface area contributed by atoms with Crippen LogP contribution in [0.5, 0.6) is 17.2 Å². The molecule has 1 amide bonds. The number of carbonyl (C=O) groups is 2. The second kappa shape index (κ2) is 13.3. The molecule has 3 aromatic rings. The third-order valence-corrected chi connectivity index (χ3v) is 4.87. The number of hydrogen-bond acceptors (Lipinski definition) is 6. The summed E-state index contributed by atoms with van der Waals surface area (Å²) in [5, 5.41) is 4.00. The predicted molar refractivity (Wildman–Crippen MR) is 136 cm³/mol. The molecule has 0 saturated heterocycles. The van der Waals surface area contributed by atoms with Crippen molar-refractivity contribution in [3.63, 3.8) is 0 Å². The van der Waals surface area contributed by atoms with Gasteiger partial charge in [0.05, 0.1) is 19.9 Å².